The van der Waals surface area contributed by atoms with Crippen molar-refractivity contribution in [1.82, 2.24) is 10.2 Å². The Hall–Kier alpha value is -2.40. The van der Waals surface area contributed by atoms with Crippen LogP contribution in [0.5, 0.6) is 0 Å². The highest BCUT2D eigenvalue weighted by Gasteiger charge is 2.29. The lowest BCUT2D eigenvalue weighted by atomic mass is 10.1. The molecular formula is C22H26ClFN2O2. The summed E-state index contributed by atoms with van der Waals surface area (Å²) in [5.41, 5.74) is 1.46. The van der Waals surface area contributed by atoms with Crippen molar-refractivity contribution >= 4 is 23.4 Å². The van der Waals surface area contributed by atoms with Crippen LogP contribution in [0.3, 0.4) is 0 Å². The molecule has 4 nitrogen and oxygen atoms in total. The van der Waals surface area contributed by atoms with Gasteiger partial charge in [0, 0.05) is 17.6 Å². The van der Waals surface area contributed by atoms with Gasteiger partial charge in [-0.3, -0.25) is 9.59 Å². The van der Waals surface area contributed by atoms with Gasteiger partial charge in [0.2, 0.25) is 11.8 Å². The molecule has 2 aromatic rings. The molecule has 0 saturated carbocycles. The Morgan fingerprint density at radius 3 is 2.32 bits per heavy atom. The van der Waals surface area contributed by atoms with Gasteiger partial charge in [0.15, 0.2) is 0 Å². The van der Waals surface area contributed by atoms with E-state index < -0.39 is 6.04 Å². The zero-order valence-corrected chi connectivity index (χ0v) is 17.2. The molecule has 2 rings (SSSR count). The molecule has 0 heterocycles. The van der Waals surface area contributed by atoms with Crippen molar-refractivity contribution in [3.63, 3.8) is 0 Å². The van der Waals surface area contributed by atoms with Crippen LogP contribution in [0.25, 0.3) is 0 Å². The molecule has 1 N–H and O–H groups in total. The van der Waals surface area contributed by atoms with Crippen LogP contribution in [0.15, 0.2) is 48.5 Å². The number of carbonyl (C=O) groups is 2. The molecule has 2 aromatic carbocycles. The summed E-state index contributed by atoms with van der Waals surface area (Å²) in [4.78, 5) is 27.4. The number of halogens is 2. The van der Waals surface area contributed by atoms with Crippen LogP contribution in [-0.2, 0) is 22.6 Å². The smallest absolute Gasteiger partial charge is 0.243 e. The van der Waals surface area contributed by atoms with Crippen LogP contribution in [0.2, 0.25) is 5.02 Å². The van der Waals surface area contributed by atoms with Crippen molar-refractivity contribution in [2.75, 3.05) is 0 Å². The Morgan fingerprint density at radius 1 is 1.11 bits per heavy atom. The van der Waals surface area contributed by atoms with Gasteiger partial charge in [-0.25, -0.2) is 4.39 Å². The van der Waals surface area contributed by atoms with Crippen LogP contribution in [-0.4, -0.2) is 28.8 Å². The summed E-state index contributed by atoms with van der Waals surface area (Å²) < 4.78 is 13.3. The Balaban J connectivity index is 2.30. The lowest BCUT2D eigenvalue weighted by molar-refractivity contribution is -0.141. The van der Waals surface area contributed by atoms with E-state index in [1.54, 1.807) is 35.2 Å². The zero-order valence-electron chi connectivity index (χ0n) is 16.4. The Morgan fingerprint density at radius 2 is 1.75 bits per heavy atom. The van der Waals surface area contributed by atoms with E-state index in [-0.39, 0.29) is 36.6 Å². The summed E-state index contributed by atoms with van der Waals surface area (Å²) in [6.45, 7) is 5.83. The van der Waals surface area contributed by atoms with Crippen molar-refractivity contribution in [2.24, 2.45) is 0 Å². The maximum Gasteiger partial charge on any atom is 0.243 e. The standard InChI is InChI=1S/C22H26ClFN2O2/c1-4-20(22(28)25-15(2)3)26(14-16-9-11-18(24)12-10-16)21(27)13-17-7-5-6-8-19(17)23/h5-12,15,20H,4,13-14H2,1-3H3,(H,25,28)/t20-/m1/s1. The maximum atomic E-state index is 13.3. The largest absolute Gasteiger partial charge is 0.352 e. The van der Waals surface area contributed by atoms with Crippen molar-refractivity contribution in [1.29, 1.82) is 0 Å². The maximum absolute atomic E-state index is 13.3. The third-order valence-corrected chi connectivity index (χ3v) is 4.75. The first kappa shape index (κ1) is 21.9. The summed E-state index contributed by atoms with van der Waals surface area (Å²) in [6.07, 6.45) is 0.556. The van der Waals surface area contributed by atoms with Crippen molar-refractivity contribution in [2.45, 2.75) is 52.2 Å². The first-order valence-electron chi connectivity index (χ1n) is 9.39. The number of nitrogens with one attached hydrogen (secondary N) is 1. The van der Waals surface area contributed by atoms with Crippen LogP contribution >= 0.6 is 11.6 Å². The van der Waals surface area contributed by atoms with E-state index in [0.29, 0.717) is 17.0 Å². The molecule has 2 amide bonds. The molecule has 0 aliphatic carbocycles. The predicted octanol–water partition coefficient (Wildman–Crippen LogP) is 4.35. The first-order chi connectivity index (χ1) is 13.3. The molecule has 0 saturated heterocycles. The Kier molecular flexibility index (Phi) is 8.00. The third-order valence-electron chi connectivity index (χ3n) is 4.38. The monoisotopic (exact) mass is 404 g/mol. The molecule has 150 valence electrons. The van der Waals surface area contributed by atoms with Gasteiger partial charge in [-0.15, -0.1) is 0 Å². The van der Waals surface area contributed by atoms with Gasteiger partial charge in [-0.05, 0) is 49.6 Å². The summed E-state index contributed by atoms with van der Waals surface area (Å²) >= 11 is 6.20. The number of hydrogen-bond acceptors (Lipinski definition) is 2. The number of benzene rings is 2. The van der Waals surface area contributed by atoms with Gasteiger partial charge in [0.1, 0.15) is 11.9 Å². The summed E-state index contributed by atoms with van der Waals surface area (Å²) in [5, 5.41) is 3.39. The molecule has 0 radical (unpaired) electrons. The lowest BCUT2D eigenvalue weighted by Gasteiger charge is -2.31. The summed E-state index contributed by atoms with van der Waals surface area (Å²) in [5.74, 6) is -0.752. The van der Waals surface area contributed by atoms with E-state index in [0.717, 1.165) is 5.56 Å². The highest BCUT2D eigenvalue weighted by Crippen LogP contribution is 2.19. The average Bonchev–Trinajstić information content (AvgIpc) is 2.64. The average molecular weight is 405 g/mol. The molecule has 6 heteroatoms. The van der Waals surface area contributed by atoms with E-state index >= 15 is 0 Å². The normalized spacial score (nSPS) is 11.9. The fourth-order valence-corrected chi connectivity index (χ4v) is 3.20. The van der Waals surface area contributed by atoms with Gasteiger partial charge in [0.25, 0.3) is 0 Å². The second-order valence-corrected chi connectivity index (χ2v) is 7.41. The van der Waals surface area contributed by atoms with E-state index in [9.17, 15) is 14.0 Å². The second kappa shape index (κ2) is 10.2. The molecule has 0 unspecified atom stereocenters. The van der Waals surface area contributed by atoms with Crippen LogP contribution in [0.4, 0.5) is 4.39 Å². The molecule has 0 aliphatic heterocycles. The summed E-state index contributed by atoms with van der Waals surface area (Å²) in [6, 6.07) is 12.4. The molecule has 28 heavy (non-hydrogen) atoms. The van der Waals surface area contributed by atoms with E-state index in [2.05, 4.69) is 5.32 Å². The summed E-state index contributed by atoms with van der Waals surface area (Å²) in [7, 11) is 0. The minimum absolute atomic E-state index is 0.0344. The number of rotatable bonds is 8. The number of nitrogens with zero attached hydrogens (tertiary/aromatic N) is 1. The SMILES string of the molecule is CC[C@H](C(=O)NC(C)C)N(Cc1ccc(F)cc1)C(=O)Cc1ccccc1Cl. The van der Waals surface area contributed by atoms with Gasteiger partial charge in [-0.2, -0.15) is 0 Å². The van der Waals surface area contributed by atoms with E-state index in [1.165, 1.54) is 12.1 Å². The molecule has 0 bridgehead atoms. The van der Waals surface area contributed by atoms with Crippen LogP contribution in [0, 0.1) is 5.82 Å². The second-order valence-electron chi connectivity index (χ2n) is 7.00. The van der Waals surface area contributed by atoms with Crippen molar-refractivity contribution < 1.29 is 14.0 Å². The van der Waals surface area contributed by atoms with Crippen LogP contribution in [0.1, 0.15) is 38.3 Å². The van der Waals surface area contributed by atoms with E-state index in [1.807, 2.05) is 26.8 Å². The predicted molar refractivity (Wildman–Crippen MR) is 109 cm³/mol. The minimum Gasteiger partial charge on any atom is -0.352 e. The molecule has 1 atom stereocenters. The fraction of sp³-hybridized carbons (Fsp3) is 0.364. The fourth-order valence-electron chi connectivity index (χ4n) is 2.99. The molecule has 0 aliphatic rings. The highest BCUT2D eigenvalue weighted by molar-refractivity contribution is 6.31. The zero-order chi connectivity index (χ0) is 20.7. The van der Waals surface area contributed by atoms with Crippen molar-refractivity contribution in [3.8, 4) is 0 Å². The lowest BCUT2D eigenvalue weighted by Crippen LogP contribution is -2.50. The molecule has 0 spiro atoms. The molecule has 0 aromatic heterocycles. The van der Waals surface area contributed by atoms with Gasteiger partial charge in [0.05, 0.1) is 6.42 Å². The van der Waals surface area contributed by atoms with Gasteiger partial charge < -0.3 is 10.2 Å². The Bertz CT molecular complexity index is 808. The number of amides is 2. The van der Waals surface area contributed by atoms with Gasteiger partial charge >= 0.3 is 0 Å². The van der Waals surface area contributed by atoms with Gasteiger partial charge in [-0.1, -0.05) is 48.9 Å². The minimum atomic E-state index is -0.623. The number of hydrogen-bond donors (Lipinski definition) is 1. The highest BCUT2D eigenvalue weighted by atomic mass is 35.5. The molecular weight excluding hydrogens is 379 g/mol. The third kappa shape index (κ3) is 6.06. The van der Waals surface area contributed by atoms with Crippen LogP contribution < -0.4 is 5.32 Å². The quantitative estimate of drug-likeness (QED) is 0.710. The Labute approximate surface area is 170 Å². The topological polar surface area (TPSA) is 49.4 Å². The molecule has 0 fully saturated rings. The first-order valence-corrected chi connectivity index (χ1v) is 9.77. The number of carbonyl (C=O) groups excluding carboxylic acids is 2. The van der Waals surface area contributed by atoms with E-state index in [4.69, 9.17) is 11.6 Å². The van der Waals surface area contributed by atoms with Crippen molar-refractivity contribution in [3.05, 3.63) is 70.5 Å².